The van der Waals surface area contributed by atoms with E-state index in [1.807, 2.05) is 0 Å². The van der Waals surface area contributed by atoms with E-state index in [2.05, 4.69) is 0 Å². The fourth-order valence-electron chi connectivity index (χ4n) is 2.00. The van der Waals surface area contributed by atoms with Crippen LogP contribution in [0.3, 0.4) is 0 Å². The van der Waals surface area contributed by atoms with E-state index in [4.69, 9.17) is 20.9 Å². The van der Waals surface area contributed by atoms with Crippen LogP contribution in [-0.2, 0) is 0 Å². The lowest BCUT2D eigenvalue weighted by molar-refractivity contribution is -0.385. The van der Waals surface area contributed by atoms with Crippen LogP contribution in [0.5, 0.6) is 11.5 Å². The highest BCUT2D eigenvalue weighted by molar-refractivity contribution is 5.85. The minimum atomic E-state index is -0.458. The summed E-state index contributed by atoms with van der Waals surface area (Å²) in [5, 5.41) is 11.2. The molecule has 7 nitrogen and oxygen atoms in total. The van der Waals surface area contributed by atoms with Crippen molar-refractivity contribution in [3.63, 3.8) is 0 Å². The van der Waals surface area contributed by atoms with Gasteiger partial charge in [-0.25, -0.2) is 0 Å². The van der Waals surface area contributed by atoms with E-state index in [9.17, 15) is 10.1 Å². The molecule has 0 saturated carbocycles. The monoisotopic (exact) mass is 319 g/mol. The van der Waals surface area contributed by atoms with Crippen LogP contribution in [0.4, 0.5) is 5.69 Å². The Balaban J connectivity index is 0.00000400. The molecule has 8 heteroatoms. The SMILES string of the molecule is COc1cc([C@H](N)CCCCN)c([N+](=O)[O-])cc1OC.Cl. The van der Waals surface area contributed by atoms with Crippen LogP contribution >= 0.6 is 12.4 Å². The van der Waals surface area contributed by atoms with Gasteiger partial charge in [-0.1, -0.05) is 6.42 Å². The molecule has 0 unspecified atom stereocenters. The van der Waals surface area contributed by atoms with Gasteiger partial charge in [-0.2, -0.15) is 0 Å². The number of methoxy groups -OCH3 is 2. The van der Waals surface area contributed by atoms with Gasteiger partial charge in [0, 0.05) is 6.04 Å². The molecule has 4 N–H and O–H groups in total. The Morgan fingerprint density at radius 2 is 1.81 bits per heavy atom. The zero-order valence-corrected chi connectivity index (χ0v) is 13.0. The van der Waals surface area contributed by atoms with Crippen LogP contribution in [0.25, 0.3) is 0 Å². The molecule has 21 heavy (non-hydrogen) atoms. The lowest BCUT2D eigenvalue weighted by atomic mass is 9.99. The molecule has 1 aromatic carbocycles. The number of nitrogens with zero attached hydrogens (tertiary/aromatic N) is 1. The molecule has 0 aliphatic rings. The number of benzene rings is 1. The van der Waals surface area contributed by atoms with Gasteiger partial charge >= 0.3 is 0 Å². The fraction of sp³-hybridized carbons (Fsp3) is 0.538. The lowest BCUT2D eigenvalue weighted by Crippen LogP contribution is -2.13. The zero-order chi connectivity index (χ0) is 15.1. The molecule has 0 radical (unpaired) electrons. The van der Waals surface area contributed by atoms with E-state index in [1.54, 1.807) is 6.07 Å². The van der Waals surface area contributed by atoms with Crippen molar-refractivity contribution in [3.8, 4) is 11.5 Å². The van der Waals surface area contributed by atoms with Gasteiger partial charge in [-0.05, 0) is 25.5 Å². The first-order valence-corrected chi connectivity index (χ1v) is 6.41. The highest BCUT2D eigenvalue weighted by atomic mass is 35.5. The predicted molar refractivity (Wildman–Crippen MR) is 83.3 cm³/mol. The topological polar surface area (TPSA) is 114 Å². The molecule has 120 valence electrons. The van der Waals surface area contributed by atoms with Gasteiger partial charge in [0.1, 0.15) is 0 Å². The van der Waals surface area contributed by atoms with Crippen molar-refractivity contribution < 1.29 is 14.4 Å². The molecule has 1 rings (SSSR count). The second kappa shape index (κ2) is 9.38. The van der Waals surface area contributed by atoms with Gasteiger partial charge in [0.15, 0.2) is 11.5 Å². The summed E-state index contributed by atoms with van der Waals surface area (Å²) in [5.74, 6) is 0.750. The zero-order valence-electron chi connectivity index (χ0n) is 12.2. The molecule has 0 aliphatic heterocycles. The number of nitro groups is 1. The number of nitro benzene ring substituents is 1. The molecule has 0 bridgehead atoms. The summed E-state index contributed by atoms with van der Waals surface area (Å²) >= 11 is 0. The Labute approximate surface area is 130 Å². The molecule has 0 saturated heterocycles. The second-order valence-electron chi connectivity index (χ2n) is 4.41. The molecule has 0 aliphatic carbocycles. The fourth-order valence-corrected chi connectivity index (χ4v) is 2.00. The summed E-state index contributed by atoms with van der Waals surface area (Å²) in [7, 11) is 2.91. The van der Waals surface area contributed by atoms with Crippen molar-refractivity contribution in [2.45, 2.75) is 25.3 Å². The van der Waals surface area contributed by atoms with E-state index in [1.165, 1.54) is 20.3 Å². The Kier molecular flexibility index (Phi) is 8.68. The van der Waals surface area contributed by atoms with E-state index in [-0.39, 0.29) is 18.1 Å². The minimum absolute atomic E-state index is 0. The Morgan fingerprint density at radius 3 is 2.29 bits per heavy atom. The molecule has 0 spiro atoms. The first kappa shape index (κ1) is 19.4. The standard InChI is InChI=1S/C13H21N3O4.ClH/c1-19-12-7-9(10(15)5-3-4-6-14)11(16(17)18)8-13(12)20-2;/h7-8,10H,3-6,14-15H2,1-2H3;1H/t10-;/m1./s1. The Hall–Kier alpha value is -1.57. The third-order valence-corrected chi connectivity index (χ3v) is 3.10. The van der Waals surface area contributed by atoms with Crippen LogP contribution in [0.1, 0.15) is 30.9 Å². The van der Waals surface area contributed by atoms with Crippen LogP contribution in [0, 0.1) is 10.1 Å². The molecule has 0 heterocycles. The lowest BCUT2D eigenvalue weighted by Gasteiger charge is -2.15. The van der Waals surface area contributed by atoms with E-state index in [0.717, 1.165) is 12.8 Å². The summed E-state index contributed by atoms with van der Waals surface area (Å²) < 4.78 is 10.2. The van der Waals surface area contributed by atoms with Crippen LogP contribution in [-0.4, -0.2) is 25.7 Å². The van der Waals surface area contributed by atoms with Gasteiger partial charge in [0.05, 0.1) is 30.8 Å². The first-order valence-electron chi connectivity index (χ1n) is 6.41. The summed E-state index contributed by atoms with van der Waals surface area (Å²) in [6.07, 6.45) is 2.30. The van der Waals surface area contributed by atoms with Crippen molar-refractivity contribution in [1.29, 1.82) is 0 Å². The van der Waals surface area contributed by atoms with Crippen molar-refractivity contribution in [2.75, 3.05) is 20.8 Å². The van der Waals surface area contributed by atoms with Gasteiger partial charge in [0.25, 0.3) is 5.69 Å². The maximum atomic E-state index is 11.2. The molecular formula is C13H22ClN3O4. The minimum Gasteiger partial charge on any atom is -0.493 e. The average Bonchev–Trinajstić information content (AvgIpc) is 2.45. The normalized spacial score (nSPS) is 11.4. The van der Waals surface area contributed by atoms with Crippen molar-refractivity contribution >= 4 is 18.1 Å². The molecule has 1 atom stereocenters. The quantitative estimate of drug-likeness (QED) is 0.431. The maximum absolute atomic E-state index is 11.2. The maximum Gasteiger partial charge on any atom is 0.278 e. The first-order chi connectivity index (χ1) is 9.54. The average molecular weight is 320 g/mol. The van der Waals surface area contributed by atoms with Crippen molar-refractivity contribution in [3.05, 3.63) is 27.8 Å². The van der Waals surface area contributed by atoms with Crippen LogP contribution < -0.4 is 20.9 Å². The third kappa shape index (κ3) is 5.04. The van der Waals surface area contributed by atoms with Crippen LogP contribution in [0.15, 0.2) is 12.1 Å². The number of unbranched alkanes of at least 4 members (excludes halogenated alkanes) is 1. The smallest absolute Gasteiger partial charge is 0.278 e. The number of hydrogen-bond acceptors (Lipinski definition) is 6. The molecule has 0 fully saturated rings. The summed E-state index contributed by atoms with van der Waals surface area (Å²) in [6, 6.07) is 2.49. The number of hydrogen-bond donors (Lipinski definition) is 2. The number of halogens is 1. The number of ether oxygens (including phenoxy) is 2. The molecule has 0 aromatic heterocycles. The Bertz CT molecular complexity index is 471. The van der Waals surface area contributed by atoms with E-state index < -0.39 is 11.0 Å². The predicted octanol–water partition coefficient (Wildman–Crippen LogP) is 2.16. The van der Waals surface area contributed by atoms with Gasteiger partial charge in [-0.15, -0.1) is 12.4 Å². The van der Waals surface area contributed by atoms with Crippen LogP contribution in [0.2, 0.25) is 0 Å². The van der Waals surface area contributed by atoms with E-state index in [0.29, 0.717) is 30.0 Å². The summed E-state index contributed by atoms with van der Waals surface area (Å²) in [5.41, 5.74) is 11.9. The molecule has 0 amide bonds. The van der Waals surface area contributed by atoms with E-state index >= 15 is 0 Å². The highest BCUT2D eigenvalue weighted by Crippen LogP contribution is 2.37. The van der Waals surface area contributed by atoms with Gasteiger partial charge in [-0.3, -0.25) is 10.1 Å². The third-order valence-electron chi connectivity index (χ3n) is 3.10. The number of rotatable bonds is 8. The summed E-state index contributed by atoms with van der Waals surface area (Å²) in [4.78, 5) is 10.7. The highest BCUT2D eigenvalue weighted by Gasteiger charge is 2.23. The van der Waals surface area contributed by atoms with Crippen molar-refractivity contribution in [1.82, 2.24) is 0 Å². The number of nitrogens with two attached hydrogens (primary N) is 2. The van der Waals surface area contributed by atoms with Gasteiger partial charge in [0.2, 0.25) is 0 Å². The molecular weight excluding hydrogens is 298 g/mol. The van der Waals surface area contributed by atoms with Crippen molar-refractivity contribution in [2.24, 2.45) is 11.5 Å². The summed E-state index contributed by atoms with van der Waals surface area (Å²) in [6.45, 7) is 0.584. The van der Waals surface area contributed by atoms with Gasteiger partial charge < -0.3 is 20.9 Å². The largest absolute Gasteiger partial charge is 0.493 e. The Morgan fingerprint density at radius 1 is 1.24 bits per heavy atom. The second-order valence-corrected chi connectivity index (χ2v) is 4.41. The molecule has 1 aromatic rings.